The highest BCUT2D eigenvalue weighted by atomic mass is 16.5. The monoisotopic (exact) mass is 233 g/mol. The van der Waals surface area contributed by atoms with Crippen molar-refractivity contribution in [3.05, 3.63) is 36.3 Å². The second-order valence-corrected chi connectivity index (χ2v) is 3.61. The highest BCUT2D eigenvalue weighted by Gasteiger charge is 2.03. The first-order valence-corrected chi connectivity index (χ1v) is 5.58. The number of esters is 1. The molecular formula is C12H15N3O2. The van der Waals surface area contributed by atoms with Gasteiger partial charge in [0.25, 0.3) is 0 Å². The highest BCUT2D eigenvalue weighted by Crippen LogP contribution is 2.03. The van der Waals surface area contributed by atoms with E-state index in [4.69, 9.17) is 4.74 Å². The second kappa shape index (κ2) is 5.45. The standard InChI is InChI=1S/C12H15N3O2/c1-2-17-12(16)8-13-7-10-9-15-6-4-3-5-11(15)14-10/h3-6,9,13H,2,7-8H2,1H3. The summed E-state index contributed by atoms with van der Waals surface area (Å²) in [4.78, 5) is 15.5. The van der Waals surface area contributed by atoms with Gasteiger partial charge < -0.3 is 14.5 Å². The van der Waals surface area contributed by atoms with Crippen molar-refractivity contribution in [1.29, 1.82) is 0 Å². The number of nitrogens with one attached hydrogen (secondary N) is 1. The van der Waals surface area contributed by atoms with Crippen LogP contribution >= 0.6 is 0 Å². The van der Waals surface area contributed by atoms with E-state index < -0.39 is 0 Å². The molecule has 0 spiro atoms. The molecule has 2 rings (SSSR count). The predicted octanol–water partition coefficient (Wildman–Crippen LogP) is 0.987. The molecule has 1 N–H and O–H groups in total. The predicted molar refractivity (Wildman–Crippen MR) is 63.5 cm³/mol. The molecule has 0 atom stereocenters. The topological polar surface area (TPSA) is 55.6 Å². The lowest BCUT2D eigenvalue weighted by molar-refractivity contribution is -0.142. The molecule has 0 unspecified atom stereocenters. The maximum absolute atomic E-state index is 11.1. The first kappa shape index (κ1) is 11.6. The number of hydrogen-bond acceptors (Lipinski definition) is 4. The highest BCUT2D eigenvalue weighted by molar-refractivity contribution is 5.71. The van der Waals surface area contributed by atoms with Gasteiger partial charge >= 0.3 is 5.97 Å². The number of rotatable bonds is 5. The van der Waals surface area contributed by atoms with E-state index in [1.807, 2.05) is 35.0 Å². The van der Waals surface area contributed by atoms with Crippen LogP contribution in [0.4, 0.5) is 0 Å². The maximum Gasteiger partial charge on any atom is 0.319 e. The van der Waals surface area contributed by atoms with Gasteiger partial charge in [-0.15, -0.1) is 0 Å². The van der Waals surface area contributed by atoms with Crippen LogP contribution in [0, 0.1) is 0 Å². The van der Waals surface area contributed by atoms with Crippen LogP contribution in [0.25, 0.3) is 5.65 Å². The van der Waals surface area contributed by atoms with Crippen molar-refractivity contribution >= 4 is 11.6 Å². The van der Waals surface area contributed by atoms with Crippen LogP contribution in [0.5, 0.6) is 0 Å². The lowest BCUT2D eigenvalue weighted by Gasteiger charge is -2.01. The fourth-order valence-corrected chi connectivity index (χ4v) is 1.58. The van der Waals surface area contributed by atoms with Crippen LogP contribution in [0.3, 0.4) is 0 Å². The minimum absolute atomic E-state index is 0.210. The van der Waals surface area contributed by atoms with Gasteiger partial charge in [-0.1, -0.05) is 6.07 Å². The van der Waals surface area contributed by atoms with E-state index in [1.165, 1.54) is 0 Å². The van der Waals surface area contributed by atoms with E-state index in [1.54, 1.807) is 6.92 Å². The summed E-state index contributed by atoms with van der Waals surface area (Å²) in [7, 11) is 0. The fraction of sp³-hybridized carbons (Fsp3) is 0.333. The summed E-state index contributed by atoms with van der Waals surface area (Å²) in [5.41, 5.74) is 1.81. The number of ether oxygens (including phenoxy) is 1. The average molecular weight is 233 g/mol. The maximum atomic E-state index is 11.1. The summed E-state index contributed by atoms with van der Waals surface area (Å²) in [6.45, 7) is 2.97. The van der Waals surface area contributed by atoms with Gasteiger partial charge in [-0.25, -0.2) is 4.98 Å². The smallest absolute Gasteiger partial charge is 0.319 e. The lowest BCUT2D eigenvalue weighted by atomic mass is 10.4. The number of carbonyl (C=O) groups excluding carboxylic acids is 1. The fourth-order valence-electron chi connectivity index (χ4n) is 1.58. The van der Waals surface area contributed by atoms with Gasteiger partial charge in [0.05, 0.1) is 18.8 Å². The minimum Gasteiger partial charge on any atom is -0.465 e. The molecular weight excluding hydrogens is 218 g/mol. The number of imidazole rings is 1. The van der Waals surface area contributed by atoms with Gasteiger partial charge in [-0.05, 0) is 19.1 Å². The number of hydrogen-bond donors (Lipinski definition) is 1. The van der Waals surface area contributed by atoms with Crippen LogP contribution in [-0.2, 0) is 16.1 Å². The number of fused-ring (bicyclic) bond motifs is 1. The zero-order valence-corrected chi connectivity index (χ0v) is 9.72. The molecule has 0 bridgehead atoms. The summed E-state index contributed by atoms with van der Waals surface area (Å²) in [6, 6.07) is 5.83. The molecule has 2 aromatic heterocycles. The van der Waals surface area contributed by atoms with E-state index >= 15 is 0 Å². The zero-order valence-electron chi connectivity index (χ0n) is 9.72. The molecule has 0 saturated carbocycles. The molecule has 0 aliphatic rings. The number of carbonyl (C=O) groups is 1. The van der Waals surface area contributed by atoms with E-state index in [2.05, 4.69) is 10.3 Å². The molecule has 0 radical (unpaired) electrons. The molecule has 2 aromatic rings. The third-order valence-electron chi connectivity index (χ3n) is 2.29. The summed E-state index contributed by atoms with van der Waals surface area (Å²) in [6.07, 6.45) is 3.88. The quantitative estimate of drug-likeness (QED) is 0.782. The van der Waals surface area contributed by atoms with Crippen molar-refractivity contribution in [3.63, 3.8) is 0 Å². The van der Waals surface area contributed by atoms with Crippen molar-refractivity contribution in [2.24, 2.45) is 0 Å². The number of aromatic nitrogens is 2. The third kappa shape index (κ3) is 3.04. The number of pyridine rings is 1. The van der Waals surface area contributed by atoms with Crippen molar-refractivity contribution in [1.82, 2.24) is 14.7 Å². The first-order valence-electron chi connectivity index (χ1n) is 5.58. The molecule has 0 aromatic carbocycles. The minimum atomic E-state index is -0.240. The third-order valence-corrected chi connectivity index (χ3v) is 2.29. The van der Waals surface area contributed by atoms with Crippen molar-refractivity contribution in [2.75, 3.05) is 13.2 Å². The first-order chi connectivity index (χ1) is 8.29. The van der Waals surface area contributed by atoms with Gasteiger partial charge in [0, 0.05) is 18.9 Å². The van der Waals surface area contributed by atoms with Crippen molar-refractivity contribution in [3.8, 4) is 0 Å². The molecule has 17 heavy (non-hydrogen) atoms. The Morgan fingerprint density at radius 1 is 1.53 bits per heavy atom. The summed E-state index contributed by atoms with van der Waals surface area (Å²) in [5.74, 6) is -0.240. The largest absolute Gasteiger partial charge is 0.465 e. The molecule has 5 heteroatoms. The van der Waals surface area contributed by atoms with Crippen LogP contribution in [0.1, 0.15) is 12.6 Å². The molecule has 0 amide bonds. The Labute approximate surface area is 99.4 Å². The van der Waals surface area contributed by atoms with Crippen molar-refractivity contribution < 1.29 is 9.53 Å². The Hall–Kier alpha value is -1.88. The van der Waals surface area contributed by atoms with Gasteiger partial charge in [-0.3, -0.25) is 4.79 Å². The summed E-state index contributed by atoms with van der Waals surface area (Å²) in [5, 5.41) is 3.00. The Bertz CT molecular complexity index is 474. The molecule has 0 fully saturated rings. The van der Waals surface area contributed by atoms with Crippen molar-refractivity contribution in [2.45, 2.75) is 13.5 Å². The summed E-state index contributed by atoms with van der Waals surface area (Å²) < 4.78 is 6.76. The molecule has 2 heterocycles. The van der Waals surface area contributed by atoms with Gasteiger partial charge in [0.15, 0.2) is 0 Å². The van der Waals surface area contributed by atoms with Gasteiger partial charge in [0.2, 0.25) is 0 Å². The number of nitrogens with zero attached hydrogens (tertiary/aromatic N) is 2. The van der Waals surface area contributed by atoms with Crippen LogP contribution < -0.4 is 5.32 Å². The van der Waals surface area contributed by atoms with Crippen LogP contribution in [-0.4, -0.2) is 28.5 Å². The molecule has 0 aliphatic carbocycles. The Balaban J connectivity index is 1.89. The molecule has 0 saturated heterocycles. The van der Waals surface area contributed by atoms with E-state index in [0.717, 1.165) is 11.3 Å². The summed E-state index contributed by atoms with van der Waals surface area (Å²) >= 11 is 0. The van der Waals surface area contributed by atoms with E-state index in [9.17, 15) is 4.79 Å². The van der Waals surface area contributed by atoms with Crippen LogP contribution in [0.2, 0.25) is 0 Å². The Morgan fingerprint density at radius 2 is 2.41 bits per heavy atom. The normalized spacial score (nSPS) is 10.6. The molecule has 0 aliphatic heterocycles. The molecule has 5 nitrogen and oxygen atoms in total. The van der Waals surface area contributed by atoms with Gasteiger partial charge in [-0.2, -0.15) is 0 Å². The van der Waals surface area contributed by atoms with Crippen LogP contribution in [0.15, 0.2) is 30.6 Å². The van der Waals surface area contributed by atoms with E-state index in [-0.39, 0.29) is 12.5 Å². The molecule has 90 valence electrons. The SMILES string of the molecule is CCOC(=O)CNCc1cn2ccccc2n1. The zero-order chi connectivity index (χ0) is 12.1. The average Bonchev–Trinajstić information content (AvgIpc) is 2.71. The second-order valence-electron chi connectivity index (χ2n) is 3.61. The van der Waals surface area contributed by atoms with Gasteiger partial charge in [0.1, 0.15) is 5.65 Å². The van der Waals surface area contributed by atoms with E-state index in [0.29, 0.717) is 13.2 Å². The lowest BCUT2D eigenvalue weighted by Crippen LogP contribution is -2.24. The Morgan fingerprint density at radius 3 is 3.18 bits per heavy atom. The Kier molecular flexibility index (Phi) is 3.72.